The van der Waals surface area contributed by atoms with Crippen molar-refractivity contribution in [2.45, 2.75) is 59.0 Å². The fraction of sp³-hybridized carbons (Fsp3) is 0.625. The van der Waals surface area contributed by atoms with Crippen molar-refractivity contribution in [2.24, 2.45) is 0 Å². The van der Waals surface area contributed by atoms with Gasteiger partial charge in [-0.15, -0.1) is 0 Å². The number of nitrogens with zero attached hydrogens (tertiary/aromatic N) is 4. The molecular weight excluding hydrogens is 294 g/mol. The molecular formula is C16H25N5O2. The monoisotopic (exact) mass is 319 g/mol. The fourth-order valence-corrected chi connectivity index (χ4v) is 2.61. The van der Waals surface area contributed by atoms with E-state index in [4.69, 9.17) is 0 Å². The fourth-order valence-electron chi connectivity index (χ4n) is 2.61. The van der Waals surface area contributed by atoms with Crippen molar-refractivity contribution in [1.29, 1.82) is 0 Å². The molecule has 1 amide bonds. The van der Waals surface area contributed by atoms with Crippen LogP contribution in [0.5, 0.6) is 0 Å². The largest absolute Gasteiger partial charge is 0.388 e. The number of carbonyl (C=O) groups is 1. The number of fused-ring (bicyclic) bond motifs is 1. The zero-order chi connectivity index (χ0) is 17.0. The Morgan fingerprint density at radius 1 is 1.35 bits per heavy atom. The van der Waals surface area contributed by atoms with Crippen LogP contribution in [0, 0.1) is 13.8 Å². The van der Waals surface area contributed by atoms with E-state index in [9.17, 15) is 9.90 Å². The SMILES string of the molecule is CCC(O)(CC)CNC(=O)CCc1c(C)nc2ncnn2c1C. The Hall–Kier alpha value is -2.02. The average Bonchev–Trinajstić information content (AvgIpc) is 3.00. The molecule has 2 N–H and O–H groups in total. The highest BCUT2D eigenvalue weighted by molar-refractivity contribution is 5.76. The minimum absolute atomic E-state index is 0.0668. The van der Waals surface area contributed by atoms with Gasteiger partial charge in [0.1, 0.15) is 6.33 Å². The van der Waals surface area contributed by atoms with Gasteiger partial charge in [0.05, 0.1) is 5.60 Å². The summed E-state index contributed by atoms with van der Waals surface area (Å²) in [5.41, 5.74) is 2.02. The summed E-state index contributed by atoms with van der Waals surface area (Å²) in [6.45, 7) is 8.00. The highest BCUT2D eigenvalue weighted by atomic mass is 16.3. The Balaban J connectivity index is 1.99. The van der Waals surface area contributed by atoms with Crippen LogP contribution >= 0.6 is 0 Å². The second-order valence-electron chi connectivity index (χ2n) is 5.94. The first-order valence-electron chi connectivity index (χ1n) is 8.05. The minimum Gasteiger partial charge on any atom is -0.388 e. The number of amides is 1. The molecule has 2 rings (SSSR count). The van der Waals surface area contributed by atoms with Crippen LogP contribution in [0.25, 0.3) is 5.78 Å². The van der Waals surface area contributed by atoms with E-state index in [1.807, 2.05) is 27.7 Å². The van der Waals surface area contributed by atoms with E-state index >= 15 is 0 Å². The summed E-state index contributed by atoms with van der Waals surface area (Å²) in [4.78, 5) is 20.5. The number of aliphatic hydroxyl groups is 1. The maximum atomic E-state index is 12.1. The predicted octanol–water partition coefficient (Wildman–Crippen LogP) is 1.34. The Labute approximate surface area is 136 Å². The van der Waals surface area contributed by atoms with Crippen LogP contribution in [0.4, 0.5) is 0 Å². The summed E-state index contributed by atoms with van der Waals surface area (Å²) in [5.74, 6) is 0.506. The predicted molar refractivity (Wildman–Crippen MR) is 87.1 cm³/mol. The molecule has 2 aromatic rings. The maximum Gasteiger partial charge on any atom is 0.252 e. The summed E-state index contributed by atoms with van der Waals surface area (Å²) < 4.78 is 1.69. The van der Waals surface area contributed by atoms with Crippen LogP contribution in [0.15, 0.2) is 6.33 Å². The minimum atomic E-state index is -0.817. The zero-order valence-corrected chi connectivity index (χ0v) is 14.3. The van der Waals surface area contributed by atoms with Gasteiger partial charge in [0, 0.05) is 24.4 Å². The van der Waals surface area contributed by atoms with E-state index in [1.165, 1.54) is 6.33 Å². The summed E-state index contributed by atoms with van der Waals surface area (Å²) in [6, 6.07) is 0. The molecule has 2 heterocycles. The van der Waals surface area contributed by atoms with Gasteiger partial charge in [0.25, 0.3) is 5.78 Å². The molecule has 0 saturated heterocycles. The smallest absolute Gasteiger partial charge is 0.252 e. The molecule has 0 unspecified atom stereocenters. The van der Waals surface area contributed by atoms with Gasteiger partial charge in [-0.1, -0.05) is 13.8 Å². The van der Waals surface area contributed by atoms with Crippen molar-refractivity contribution in [3.05, 3.63) is 23.3 Å². The van der Waals surface area contributed by atoms with Crippen molar-refractivity contribution in [3.63, 3.8) is 0 Å². The van der Waals surface area contributed by atoms with Crippen molar-refractivity contribution in [3.8, 4) is 0 Å². The first-order valence-corrected chi connectivity index (χ1v) is 8.05. The highest BCUT2D eigenvalue weighted by Crippen LogP contribution is 2.15. The lowest BCUT2D eigenvalue weighted by molar-refractivity contribution is -0.122. The van der Waals surface area contributed by atoms with Crippen LogP contribution in [0.2, 0.25) is 0 Å². The molecule has 23 heavy (non-hydrogen) atoms. The molecule has 7 nitrogen and oxygen atoms in total. The van der Waals surface area contributed by atoms with Crippen LogP contribution in [0.1, 0.15) is 50.1 Å². The van der Waals surface area contributed by atoms with E-state index in [0.29, 0.717) is 31.5 Å². The highest BCUT2D eigenvalue weighted by Gasteiger charge is 2.22. The van der Waals surface area contributed by atoms with Gasteiger partial charge in [0.15, 0.2) is 0 Å². The lowest BCUT2D eigenvalue weighted by atomic mass is 9.97. The Morgan fingerprint density at radius 3 is 2.70 bits per heavy atom. The van der Waals surface area contributed by atoms with Gasteiger partial charge >= 0.3 is 0 Å². The lowest BCUT2D eigenvalue weighted by Crippen LogP contribution is -2.42. The quantitative estimate of drug-likeness (QED) is 0.803. The van der Waals surface area contributed by atoms with E-state index in [2.05, 4.69) is 20.4 Å². The molecule has 0 aliphatic carbocycles. The first-order chi connectivity index (χ1) is 10.9. The third-order valence-corrected chi connectivity index (χ3v) is 4.52. The number of nitrogens with one attached hydrogen (secondary N) is 1. The van der Waals surface area contributed by atoms with E-state index in [1.54, 1.807) is 4.52 Å². The lowest BCUT2D eigenvalue weighted by Gasteiger charge is -2.25. The van der Waals surface area contributed by atoms with Crippen molar-refractivity contribution < 1.29 is 9.90 Å². The molecule has 0 fully saturated rings. The van der Waals surface area contributed by atoms with E-state index in [-0.39, 0.29) is 12.5 Å². The van der Waals surface area contributed by atoms with Crippen LogP contribution in [-0.4, -0.2) is 42.7 Å². The molecule has 0 radical (unpaired) electrons. The van der Waals surface area contributed by atoms with Crippen molar-refractivity contribution in [2.75, 3.05) is 6.54 Å². The number of carbonyl (C=O) groups excluding carboxylic acids is 1. The number of aromatic nitrogens is 4. The number of hydrogen-bond donors (Lipinski definition) is 2. The third-order valence-electron chi connectivity index (χ3n) is 4.52. The van der Waals surface area contributed by atoms with Gasteiger partial charge in [-0.2, -0.15) is 10.1 Å². The summed E-state index contributed by atoms with van der Waals surface area (Å²) >= 11 is 0. The van der Waals surface area contributed by atoms with Crippen molar-refractivity contribution in [1.82, 2.24) is 24.9 Å². The molecule has 0 atom stereocenters. The molecule has 0 bridgehead atoms. The summed E-state index contributed by atoms with van der Waals surface area (Å²) in [6.07, 6.45) is 3.65. The molecule has 0 aliphatic rings. The molecule has 7 heteroatoms. The molecule has 0 spiro atoms. The van der Waals surface area contributed by atoms with E-state index < -0.39 is 5.60 Å². The van der Waals surface area contributed by atoms with Crippen LogP contribution in [0.3, 0.4) is 0 Å². The van der Waals surface area contributed by atoms with Crippen LogP contribution < -0.4 is 5.32 Å². The van der Waals surface area contributed by atoms with Crippen molar-refractivity contribution >= 4 is 11.7 Å². The third kappa shape index (κ3) is 3.85. The Bertz CT molecular complexity index is 691. The Morgan fingerprint density at radius 2 is 2.04 bits per heavy atom. The molecule has 0 aromatic carbocycles. The number of rotatable bonds is 7. The second-order valence-corrected chi connectivity index (χ2v) is 5.94. The summed E-state index contributed by atoms with van der Waals surface area (Å²) in [7, 11) is 0. The second kappa shape index (κ2) is 7.04. The molecule has 0 aliphatic heterocycles. The van der Waals surface area contributed by atoms with Gasteiger partial charge in [-0.25, -0.2) is 9.50 Å². The number of aryl methyl sites for hydroxylation is 2. The van der Waals surface area contributed by atoms with Gasteiger partial charge < -0.3 is 10.4 Å². The summed E-state index contributed by atoms with van der Waals surface area (Å²) in [5, 5.41) is 17.2. The molecule has 126 valence electrons. The van der Waals surface area contributed by atoms with E-state index in [0.717, 1.165) is 17.0 Å². The zero-order valence-electron chi connectivity index (χ0n) is 14.3. The van der Waals surface area contributed by atoms with Gasteiger partial charge in [-0.05, 0) is 38.7 Å². The van der Waals surface area contributed by atoms with Crippen LogP contribution in [-0.2, 0) is 11.2 Å². The molecule has 2 aromatic heterocycles. The number of hydrogen-bond acceptors (Lipinski definition) is 5. The first kappa shape index (κ1) is 17.3. The topological polar surface area (TPSA) is 92.4 Å². The maximum absolute atomic E-state index is 12.1. The average molecular weight is 319 g/mol. The standard InChI is InChI=1S/C16H25N5O2/c1-5-16(23,6-2)9-17-14(22)8-7-13-11(3)20-15-18-10-19-21(15)12(13)4/h10,23H,5-9H2,1-4H3,(H,17,22). The van der Waals surface area contributed by atoms with Gasteiger partial charge in [0.2, 0.25) is 5.91 Å². The normalized spacial score (nSPS) is 11.9. The Kier molecular flexibility index (Phi) is 5.30. The van der Waals surface area contributed by atoms with Gasteiger partial charge in [-0.3, -0.25) is 4.79 Å². The molecule has 0 saturated carbocycles.